The van der Waals surface area contributed by atoms with Crippen LogP contribution in [0.25, 0.3) is 0 Å². The van der Waals surface area contributed by atoms with Gasteiger partial charge in [0.1, 0.15) is 0 Å². The summed E-state index contributed by atoms with van der Waals surface area (Å²) in [5.74, 6) is -1.51. The number of ether oxygens (including phenoxy) is 1. The number of halogens is 2. The molecule has 3 amide bonds. The first kappa shape index (κ1) is 15.6. The largest absolute Gasteiger partial charge is 0.452 e. The zero-order valence-electron chi connectivity index (χ0n) is 10.8. The molecule has 0 bridgehead atoms. The Morgan fingerprint density at radius 1 is 1.24 bits per heavy atom. The number of esters is 1. The maximum atomic E-state index is 11.7. The first-order valence-corrected chi connectivity index (χ1v) is 6.94. The molecular formula is C13H12Cl2N2O4. The molecule has 21 heavy (non-hydrogen) atoms. The van der Waals surface area contributed by atoms with Crippen LogP contribution in [0, 0.1) is 0 Å². The van der Waals surface area contributed by atoms with Crippen LogP contribution < -0.4 is 10.6 Å². The first-order valence-electron chi connectivity index (χ1n) is 6.19. The number of hydrogen-bond donors (Lipinski definition) is 2. The molecule has 0 radical (unpaired) electrons. The number of amides is 3. The van der Waals surface area contributed by atoms with Crippen molar-refractivity contribution in [1.82, 2.24) is 10.6 Å². The van der Waals surface area contributed by atoms with Crippen molar-refractivity contribution in [3.63, 3.8) is 0 Å². The topological polar surface area (TPSA) is 84.5 Å². The van der Waals surface area contributed by atoms with E-state index in [1.807, 2.05) is 0 Å². The van der Waals surface area contributed by atoms with E-state index in [0.29, 0.717) is 0 Å². The second-order valence-electron chi connectivity index (χ2n) is 4.47. The van der Waals surface area contributed by atoms with Crippen LogP contribution in [0.3, 0.4) is 0 Å². The lowest BCUT2D eigenvalue weighted by Gasteiger charge is -2.08. The van der Waals surface area contributed by atoms with Crippen LogP contribution in [0.5, 0.6) is 0 Å². The van der Waals surface area contributed by atoms with E-state index in [1.54, 1.807) is 0 Å². The predicted molar refractivity (Wildman–Crippen MR) is 76.4 cm³/mol. The Hall–Kier alpha value is -1.79. The molecule has 0 aromatic heterocycles. The third-order valence-corrected chi connectivity index (χ3v) is 3.49. The summed E-state index contributed by atoms with van der Waals surface area (Å²) in [5, 5.41) is 4.89. The average Bonchev–Trinajstić information content (AvgIpc) is 3.23. The molecule has 1 aliphatic carbocycles. The smallest absolute Gasteiger partial charge is 0.340 e. The first-order chi connectivity index (χ1) is 9.97. The summed E-state index contributed by atoms with van der Waals surface area (Å²) in [4.78, 5) is 34.5. The lowest BCUT2D eigenvalue weighted by atomic mass is 10.2. The summed E-state index contributed by atoms with van der Waals surface area (Å²) >= 11 is 11.6. The Labute approximate surface area is 130 Å². The molecule has 1 aromatic carbocycles. The monoisotopic (exact) mass is 330 g/mol. The van der Waals surface area contributed by atoms with Crippen molar-refractivity contribution in [3.05, 3.63) is 33.8 Å². The zero-order chi connectivity index (χ0) is 15.4. The maximum Gasteiger partial charge on any atom is 0.340 e. The molecule has 0 saturated heterocycles. The van der Waals surface area contributed by atoms with E-state index in [4.69, 9.17) is 27.9 Å². The molecule has 1 saturated carbocycles. The average molecular weight is 331 g/mol. The molecular weight excluding hydrogens is 319 g/mol. The van der Waals surface area contributed by atoms with Crippen LogP contribution >= 0.6 is 23.2 Å². The number of carbonyl (C=O) groups excluding carboxylic acids is 3. The molecule has 0 atom stereocenters. The van der Waals surface area contributed by atoms with Gasteiger partial charge in [-0.15, -0.1) is 0 Å². The highest BCUT2D eigenvalue weighted by atomic mass is 35.5. The Kier molecular flexibility index (Phi) is 5.03. The number of carbonyl (C=O) groups is 3. The fourth-order valence-corrected chi connectivity index (χ4v) is 1.86. The van der Waals surface area contributed by atoms with Crippen molar-refractivity contribution in [1.29, 1.82) is 0 Å². The molecule has 0 unspecified atom stereocenters. The van der Waals surface area contributed by atoms with Crippen molar-refractivity contribution in [2.75, 3.05) is 6.61 Å². The highest BCUT2D eigenvalue weighted by Crippen LogP contribution is 2.25. The van der Waals surface area contributed by atoms with E-state index in [0.717, 1.165) is 12.8 Å². The number of benzene rings is 1. The van der Waals surface area contributed by atoms with E-state index < -0.39 is 24.5 Å². The van der Waals surface area contributed by atoms with Gasteiger partial charge in [-0.3, -0.25) is 10.1 Å². The van der Waals surface area contributed by atoms with E-state index in [9.17, 15) is 14.4 Å². The molecule has 112 valence electrons. The Morgan fingerprint density at radius 3 is 2.62 bits per heavy atom. The van der Waals surface area contributed by atoms with Crippen molar-refractivity contribution >= 4 is 41.1 Å². The van der Waals surface area contributed by atoms with Gasteiger partial charge < -0.3 is 10.1 Å². The standard InChI is InChI=1S/C13H12Cl2N2O4/c14-9-3-1-2-8(11(9)15)12(19)21-6-10(18)17-13(20)16-7-4-5-7/h1-3,7H,4-6H2,(H2,16,17,18,20). The summed E-state index contributed by atoms with van der Waals surface area (Å²) < 4.78 is 4.77. The van der Waals surface area contributed by atoms with Gasteiger partial charge >= 0.3 is 12.0 Å². The van der Waals surface area contributed by atoms with Crippen LogP contribution in [0.4, 0.5) is 4.79 Å². The van der Waals surface area contributed by atoms with Crippen molar-refractivity contribution < 1.29 is 19.1 Å². The Morgan fingerprint density at radius 2 is 1.95 bits per heavy atom. The molecule has 0 heterocycles. The van der Waals surface area contributed by atoms with Gasteiger partial charge in [0.05, 0.1) is 15.6 Å². The Bertz CT molecular complexity index is 588. The van der Waals surface area contributed by atoms with Gasteiger partial charge in [-0.05, 0) is 25.0 Å². The van der Waals surface area contributed by atoms with Gasteiger partial charge in [-0.1, -0.05) is 29.3 Å². The number of nitrogens with one attached hydrogen (secondary N) is 2. The van der Waals surface area contributed by atoms with Crippen LogP contribution in [0.1, 0.15) is 23.2 Å². The van der Waals surface area contributed by atoms with Gasteiger partial charge in [0.25, 0.3) is 5.91 Å². The molecule has 6 nitrogen and oxygen atoms in total. The van der Waals surface area contributed by atoms with Crippen LogP contribution in [-0.2, 0) is 9.53 Å². The fraction of sp³-hybridized carbons (Fsp3) is 0.308. The zero-order valence-corrected chi connectivity index (χ0v) is 12.3. The maximum absolute atomic E-state index is 11.7. The normalized spacial score (nSPS) is 13.4. The SMILES string of the molecule is O=C(COC(=O)c1cccc(Cl)c1Cl)NC(=O)NC1CC1. The molecule has 0 spiro atoms. The molecule has 8 heteroatoms. The van der Waals surface area contributed by atoms with Crippen molar-refractivity contribution in [2.45, 2.75) is 18.9 Å². The van der Waals surface area contributed by atoms with E-state index >= 15 is 0 Å². The predicted octanol–water partition coefficient (Wildman–Crippen LogP) is 2.14. The molecule has 1 aromatic rings. The second-order valence-corrected chi connectivity index (χ2v) is 5.26. The van der Waals surface area contributed by atoms with Crippen LogP contribution in [0.15, 0.2) is 18.2 Å². The minimum atomic E-state index is -0.791. The summed E-state index contributed by atoms with van der Waals surface area (Å²) in [6.07, 6.45) is 1.81. The van der Waals surface area contributed by atoms with Gasteiger partial charge in [-0.2, -0.15) is 0 Å². The van der Waals surface area contributed by atoms with Crippen molar-refractivity contribution in [2.24, 2.45) is 0 Å². The van der Waals surface area contributed by atoms with Crippen molar-refractivity contribution in [3.8, 4) is 0 Å². The summed E-state index contributed by atoms with van der Waals surface area (Å²) in [6.45, 7) is -0.584. The third kappa shape index (κ3) is 4.61. The lowest BCUT2D eigenvalue weighted by molar-refractivity contribution is -0.123. The fourth-order valence-electron chi connectivity index (χ4n) is 1.48. The Balaban J connectivity index is 1.81. The van der Waals surface area contributed by atoms with E-state index in [2.05, 4.69) is 10.6 Å². The molecule has 1 fully saturated rings. The quantitative estimate of drug-likeness (QED) is 0.828. The van der Waals surface area contributed by atoms with Crippen LogP contribution in [-0.4, -0.2) is 30.6 Å². The van der Waals surface area contributed by atoms with Crippen LogP contribution in [0.2, 0.25) is 10.0 Å². The molecule has 0 aliphatic heterocycles. The van der Waals surface area contributed by atoms with E-state index in [1.165, 1.54) is 18.2 Å². The summed E-state index contributed by atoms with van der Waals surface area (Å²) in [6, 6.07) is 4.02. The minimum absolute atomic E-state index is 0.0519. The number of imide groups is 1. The summed E-state index contributed by atoms with van der Waals surface area (Å²) in [7, 11) is 0. The number of rotatable bonds is 4. The molecule has 2 rings (SSSR count). The van der Waals surface area contributed by atoms with Gasteiger partial charge in [0, 0.05) is 6.04 Å². The number of hydrogen-bond acceptors (Lipinski definition) is 4. The third-order valence-electron chi connectivity index (χ3n) is 2.67. The van der Waals surface area contributed by atoms with Gasteiger partial charge in [0.15, 0.2) is 6.61 Å². The second kappa shape index (κ2) is 6.78. The van der Waals surface area contributed by atoms with Gasteiger partial charge in [0.2, 0.25) is 0 Å². The summed E-state index contributed by atoms with van der Waals surface area (Å²) in [5.41, 5.74) is 0.0550. The highest BCUT2D eigenvalue weighted by Gasteiger charge is 2.24. The lowest BCUT2D eigenvalue weighted by Crippen LogP contribution is -2.42. The molecule has 2 N–H and O–H groups in total. The molecule has 1 aliphatic rings. The highest BCUT2D eigenvalue weighted by molar-refractivity contribution is 6.43. The number of urea groups is 1. The van der Waals surface area contributed by atoms with E-state index in [-0.39, 0.29) is 21.7 Å². The minimum Gasteiger partial charge on any atom is -0.452 e. The van der Waals surface area contributed by atoms with Gasteiger partial charge in [-0.25, -0.2) is 9.59 Å².